The topological polar surface area (TPSA) is 52.4 Å². The summed E-state index contributed by atoms with van der Waals surface area (Å²) in [6.45, 7) is 11.9. The van der Waals surface area contributed by atoms with E-state index in [4.69, 9.17) is 4.74 Å². The number of rotatable bonds is 6. The fourth-order valence-corrected chi connectivity index (χ4v) is 3.05. The number of hydrogen-bond acceptors (Lipinski definition) is 3. The van der Waals surface area contributed by atoms with Gasteiger partial charge in [0.15, 0.2) is 0 Å². The lowest BCUT2D eigenvalue weighted by molar-refractivity contribution is -0.385. The quantitative estimate of drug-likeness (QED) is 0.488. The lowest BCUT2D eigenvalue weighted by atomic mass is 10.00. The normalized spacial score (nSPS) is 12.3. The maximum atomic E-state index is 11.2. The van der Waals surface area contributed by atoms with Crippen LogP contribution in [-0.4, -0.2) is 4.92 Å². The summed E-state index contributed by atoms with van der Waals surface area (Å²) in [5.74, 6) is 1.37. The van der Waals surface area contributed by atoms with E-state index in [1.54, 1.807) is 13.0 Å². The van der Waals surface area contributed by atoms with Crippen molar-refractivity contribution < 1.29 is 9.66 Å². The number of ether oxygens (including phenoxy) is 1. The molecular formula is C21H27NO3. The summed E-state index contributed by atoms with van der Waals surface area (Å²) in [6.07, 6.45) is 0.946. The van der Waals surface area contributed by atoms with E-state index in [-0.39, 0.29) is 16.7 Å². The highest BCUT2D eigenvalue weighted by Crippen LogP contribution is 2.35. The summed E-state index contributed by atoms with van der Waals surface area (Å²) in [5, 5.41) is 11.2. The van der Waals surface area contributed by atoms with E-state index < -0.39 is 0 Å². The molecule has 0 saturated carbocycles. The van der Waals surface area contributed by atoms with Crippen LogP contribution in [0.2, 0.25) is 0 Å². The molecule has 2 aromatic carbocycles. The van der Waals surface area contributed by atoms with Gasteiger partial charge in [-0.05, 0) is 56.7 Å². The van der Waals surface area contributed by atoms with Crippen LogP contribution in [0, 0.1) is 36.8 Å². The predicted molar refractivity (Wildman–Crippen MR) is 101 cm³/mol. The van der Waals surface area contributed by atoms with Crippen LogP contribution in [-0.2, 0) is 6.42 Å². The minimum Gasteiger partial charge on any atom is -0.485 e. The van der Waals surface area contributed by atoms with E-state index in [1.165, 1.54) is 5.56 Å². The fraction of sp³-hybridized carbons (Fsp3) is 0.429. The summed E-state index contributed by atoms with van der Waals surface area (Å²) in [4.78, 5) is 10.8. The molecule has 1 unspecified atom stereocenters. The lowest BCUT2D eigenvalue weighted by Crippen LogP contribution is -2.07. The molecule has 134 valence electrons. The van der Waals surface area contributed by atoms with Gasteiger partial charge in [-0.1, -0.05) is 38.1 Å². The molecule has 0 N–H and O–H groups in total. The van der Waals surface area contributed by atoms with Crippen LogP contribution >= 0.6 is 0 Å². The molecule has 0 bridgehead atoms. The van der Waals surface area contributed by atoms with Crippen LogP contribution in [0.3, 0.4) is 0 Å². The average molecular weight is 341 g/mol. The van der Waals surface area contributed by atoms with Gasteiger partial charge in [0.25, 0.3) is 5.69 Å². The van der Waals surface area contributed by atoms with Gasteiger partial charge in [0.05, 0.1) is 4.92 Å². The summed E-state index contributed by atoms with van der Waals surface area (Å²) in [6, 6.07) is 10.1. The molecule has 0 aliphatic carbocycles. The van der Waals surface area contributed by atoms with Crippen LogP contribution in [0.15, 0.2) is 30.3 Å². The Balaban J connectivity index is 2.24. The maximum Gasteiger partial charge on any atom is 0.273 e. The number of nitro groups is 1. The van der Waals surface area contributed by atoms with Gasteiger partial charge in [0.1, 0.15) is 11.9 Å². The van der Waals surface area contributed by atoms with Gasteiger partial charge in [0, 0.05) is 17.2 Å². The molecule has 0 saturated heterocycles. The Bertz CT molecular complexity index is 764. The van der Waals surface area contributed by atoms with Crippen molar-refractivity contribution in [2.75, 3.05) is 0 Å². The van der Waals surface area contributed by atoms with Gasteiger partial charge in [-0.25, -0.2) is 0 Å². The number of nitro benzene ring substituents is 1. The van der Waals surface area contributed by atoms with Crippen molar-refractivity contribution in [1.82, 2.24) is 0 Å². The van der Waals surface area contributed by atoms with Crippen LogP contribution in [0.1, 0.15) is 54.7 Å². The first-order valence-electron chi connectivity index (χ1n) is 8.71. The van der Waals surface area contributed by atoms with Crippen molar-refractivity contribution in [3.63, 3.8) is 0 Å². The second-order valence-electron chi connectivity index (χ2n) is 7.15. The van der Waals surface area contributed by atoms with E-state index in [2.05, 4.69) is 38.1 Å². The Hall–Kier alpha value is -2.36. The van der Waals surface area contributed by atoms with Gasteiger partial charge in [-0.3, -0.25) is 10.1 Å². The minimum atomic E-state index is -0.337. The molecule has 0 aliphatic heterocycles. The monoisotopic (exact) mass is 341 g/mol. The Morgan fingerprint density at radius 2 is 1.64 bits per heavy atom. The van der Waals surface area contributed by atoms with Crippen LogP contribution in [0.25, 0.3) is 0 Å². The molecule has 0 amide bonds. The molecule has 4 heteroatoms. The number of benzene rings is 2. The molecule has 0 aromatic heterocycles. The molecule has 4 nitrogen and oxygen atoms in total. The smallest absolute Gasteiger partial charge is 0.273 e. The molecule has 0 radical (unpaired) electrons. The summed E-state index contributed by atoms with van der Waals surface area (Å²) in [5.41, 5.74) is 4.85. The maximum absolute atomic E-state index is 11.2. The highest BCUT2D eigenvalue weighted by molar-refractivity contribution is 5.55. The summed E-state index contributed by atoms with van der Waals surface area (Å²) >= 11 is 0. The first-order chi connectivity index (χ1) is 11.7. The predicted octanol–water partition coefficient (Wildman–Crippen LogP) is 5.86. The number of aryl methyl sites for hydroxylation is 1. The van der Waals surface area contributed by atoms with Crippen molar-refractivity contribution in [2.45, 2.75) is 54.1 Å². The fourth-order valence-electron chi connectivity index (χ4n) is 3.05. The first kappa shape index (κ1) is 19.0. The van der Waals surface area contributed by atoms with Gasteiger partial charge < -0.3 is 4.74 Å². The molecule has 2 aromatic rings. The Morgan fingerprint density at radius 1 is 1.04 bits per heavy atom. The largest absolute Gasteiger partial charge is 0.485 e. The molecule has 0 spiro atoms. The van der Waals surface area contributed by atoms with Crippen molar-refractivity contribution >= 4 is 5.69 Å². The van der Waals surface area contributed by atoms with Crippen molar-refractivity contribution in [2.24, 2.45) is 5.92 Å². The molecule has 0 aliphatic rings. The van der Waals surface area contributed by atoms with Crippen molar-refractivity contribution in [1.29, 1.82) is 0 Å². The standard InChI is InChI=1S/C21H27NO3/c1-13(2)11-18-7-9-19(10-8-18)17(6)25-21-14(3)12-20(22(23)24)15(4)16(21)5/h7-10,12-13,17H,11H2,1-6H3. The van der Waals surface area contributed by atoms with E-state index in [0.29, 0.717) is 11.5 Å². The summed E-state index contributed by atoms with van der Waals surface area (Å²) < 4.78 is 6.18. The Labute approximate surface area is 150 Å². The van der Waals surface area contributed by atoms with Gasteiger partial charge >= 0.3 is 0 Å². The van der Waals surface area contributed by atoms with Crippen molar-refractivity contribution in [3.8, 4) is 5.75 Å². The zero-order valence-corrected chi connectivity index (χ0v) is 15.9. The van der Waals surface area contributed by atoms with Crippen LogP contribution < -0.4 is 4.74 Å². The van der Waals surface area contributed by atoms with E-state index in [1.807, 2.05) is 20.8 Å². The zero-order chi connectivity index (χ0) is 18.7. The van der Waals surface area contributed by atoms with E-state index in [0.717, 1.165) is 28.9 Å². The molecule has 0 heterocycles. The molecular weight excluding hydrogens is 314 g/mol. The average Bonchev–Trinajstić information content (AvgIpc) is 2.54. The first-order valence-corrected chi connectivity index (χ1v) is 8.71. The third-order valence-electron chi connectivity index (χ3n) is 4.58. The zero-order valence-electron chi connectivity index (χ0n) is 15.9. The van der Waals surface area contributed by atoms with E-state index >= 15 is 0 Å². The van der Waals surface area contributed by atoms with E-state index in [9.17, 15) is 10.1 Å². The molecule has 0 fully saturated rings. The molecule has 1 atom stereocenters. The number of hydrogen-bond donors (Lipinski definition) is 0. The second-order valence-corrected chi connectivity index (χ2v) is 7.15. The molecule has 25 heavy (non-hydrogen) atoms. The molecule has 2 rings (SSSR count). The highest BCUT2D eigenvalue weighted by Gasteiger charge is 2.20. The number of nitrogens with zero attached hydrogens (tertiary/aromatic N) is 1. The van der Waals surface area contributed by atoms with Crippen LogP contribution in [0.4, 0.5) is 5.69 Å². The lowest BCUT2D eigenvalue weighted by Gasteiger charge is -2.20. The van der Waals surface area contributed by atoms with Crippen molar-refractivity contribution in [3.05, 3.63) is 68.3 Å². The highest BCUT2D eigenvalue weighted by atomic mass is 16.6. The second kappa shape index (κ2) is 7.68. The summed E-state index contributed by atoms with van der Waals surface area (Å²) in [7, 11) is 0. The SMILES string of the molecule is Cc1cc([N+](=O)[O-])c(C)c(C)c1OC(C)c1ccc(CC(C)C)cc1. The van der Waals surface area contributed by atoms with Gasteiger partial charge in [0.2, 0.25) is 0 Å². The van der Waals surface area contributed by atoms with Gasteiger partial charge in [-0.2, -0.15) is 0 Å². The third kappa shape index (κ3) is 4.38. The van der Waals surface area contributed by atoms with Gasteiger partial charge in [-0.15, -0.1) is 0 Å². The van der Waals surface area contributed by atoms with Crippen LogP contribution in [0.5, 0.6) is 5.75 Å². The third-order valence-corrected chi connectivity index (χ3v) is 4.58. The minimum absolute atomic E-state index is 0.119. The Kier molecular flexibility index (Phi) is 5.83. The Morgan fingerprint density at radius 3 is 2.16 bits per heavy atom.